The Bertz CT molecular complexity index is 313. The van der Waals surface area contributed by atoms with E-state index in [0.29, 0.717) is 19.0 Å². The van der Waals surface area contributed by atoms with Gasteiger partial charge in [0.2, 0.25) is 5.91 Å². The molecule has 1 aliphatic heterocycles. The Morgan fingerprint density at radius 1 is 1.39 bits per heavy atom. The van der Waals surface area contributed by atoms with E-state index in [1.807, 2.05) is 0 Å². The summed E-state index contributed by atoms with van der Waals surface area (Å²) in [6, 6.07) is -0.323. The molecule has 0 radical (unpaired) electrons. The fraction of sp³-hybridized carbons (Fsp3) is 0.727. The quantitative estimate of drug-likeness (QED) is 0.258. The van der Waals surface area contributed by atoms with Gasteiger partial charge in [-0.15, -0.1) is 0 Å². The number of hydrogen-bond acceptors (Lipinski definition) is 3. The van der Waals surface area contributed by atoms with Crippen molar-refractivity contribution in [3.8, 4) is 0 Å². The summed E-state index contributed by atoms with van der Waals surface area (Å²) in [5, 5.41) is 8.69. The smallest absolute Gasteiger partial charge is 0.324 e. The predicted octanol–water partition coefficient (Wildman–Crippen LogP) is -0.497. The van der Waals surface area contributed by atoms with Gasteiger partial charge < -0.3 is 16.0 Å². The van der Waals surface area contributed by atoms with Crippen molar-refractivity contribution >= 4 is 17.9 Å². The van der Waals surface area contributed by atoms with E-state index < -0.39 is 0 Å². The molecule has 0 aromatic heterocycles. The average molecular weight is 255 g/mol. The van der Waals surface area contributed by atoms with Crippen LogP contribution in [0.5, 0.6) is 0 Å². The normalized spacial score (nSPS) is 15.9. The van der Waals surface area contributed by atoms with Gasteiger partial charge in [-0.2, -0.15) is 0 Å². The standard InChI is InChI=1S/C11H21N5O2/c1-3-4-5-13-10(12-2)14-6-7-16-9(17)8-15-11(16)18/h3-8H2,1-2H3,(H,15,18)(H2,12,13,14). The summed E-state index contributed by atoms with van der Waals surface area (Å²) in [7, 11) is 1.69. The first kappa shape index (κ1) is 14.3. The van der Waals surface area contributed by atoms with E-state index in [9.17, 15) is 9.59 Å². The van der Waals surface area contributed by atoms with Crippen LogP contribution in [0.2, 0.25) is 0 Å². The van der Waals surface area contributed by atoms with Gasteiger partial charge in [0, 0.05) is 26.7 Å². The maximum Gasteiger partial charge on any atom is 0.324 e. The molecule has 1 heterocycles. The third-order valence-electron chi connectivity index (χ3n) is 2.61. The highest BCUT2D eigenvalue weighted by atomic mass is 16.2. The lowest BCUT2D eigenvalue weighted by Crippen LogP contribution is -2.43. The lowest BCUT2D eigenvalue weighted by atomic mass is 10.3. The number of imide groups is 1. The molecule has 0 atom stereocenters. The minimum absolute atomic E-state index is 0.0995. The van der Waals surface area contributed by atoms with Gasteiger partial charge in [-0.25, -0.2) is 4.79 Å². The van der Waals surface area contributed by atoms with E-state index in [2.05, 4.69) is 27.9 Å². The largest absolute Gasteiger partial charge is 0.356 e. The second kappa shape index (κ2) is 7.52. The van der Waals surface area contributed by atoms with Crippen molar-refractivity contribution in [1.82, 2.24) is 20.9 Å². The molecule has 102 valence electrons. The van der Waals surface area contributed by atoms with Crippen molar-refractivity contribution in [2.45, 2.75) is 19.8 Å². The summed E-state index contributed by atoms with van der Waals surface area (Å²) < 4.78 is 0. The van der Waals surface area contributed by atoms with Gasteiger partial charge in [0.25, 0.3) is 0 Å². The van der Waals surface area contributed by atoms with Gasteiger partial charge in [-0.3, -0.25) is 14.7 Å². The first-order valence-corrected chi connectivity index (χ1v) is 6.21. The fourth-order valence-electron chi connectivity index (χ4n) is 1.57. The molecule has 3 N–H and O–H groups in total. The summed E-state index contributed by atoms with van der Waals surface area (Å²) in [5.74, 6) is 0.506. The van der Waals surface area contributed by atoms with Crippen LogP contribution >= 0.6 is 0 Å². The van der Waals surface area contributed by atoms with Crippen molar-refractivity contribution in [1.29, 1.82) is 0 Å². The predicted molar refractivity (Wildman–Crippen MR) is 69.4 cm³/mol. The van der Waals surface area contributed by atoms with Crippen LogP contribution in [0.4, 0.5) is 4.79 Å². The number of unbranched alkanes of at least 4 members (excludes halogenated alkanes) is 1. The molecule has 7 heteroatoms. The lowest BCUT2D eigenvalue weighted by Gasteiger charge is -2.15. The Hall–Kier alpha value is -1.79. The number of guanidine groups is 1. The Labute approximate surface area is 107 Å². The minimum atomic E-state index is -0.323. The monoisotopic (exact) mass is 255 g/mol. The zero-order chi connectivity index (χ0) is 13.4. The second-order valence-corrected chi connectivity index (χ2v) is 3.98. The van der Waals surface area contributed by atoms with Crippen LogP contribution in [0.15, 0.2) is 4.99 Å². The van der Waals surface area contributed by atoms with Crippen molar-refractivity contribution in [3.63, 3.8) is 0 Å². The molecule has 0 aromatic rings. The maximum absolute atomic E-state index is 11.3. The molecule has 1 aliphatic rings. The fourth-order valence-corrected chi connectivity index (χ4v) is 1.57. The number of rotatable bonds is 6. The molecular formula is C11H21N5O2. The highest BCUT2D eigenvalue weighted by molar-refractivity contribution is 6.01. The maximum atomic E-state index is 11.3. The Morgan fingerprint density at radius 3 is 2.67 bits per heavy atom. The Kier molecular flexibility index (Phi) is 5.96. The van der Waals surface area contributed by atoms with Crippen LogP contribution in [-0.4, -0.2) is 56.0 Å². The minimum Gasteiger partial charge on any atom is -0.356 e. The van der Waals surface area contributed by atoms with E-state index in [-0.39, 0.29) is 18.5 Å². The highest BCUT2D eigenvalue weighted by Gasteiger charge is 2.27. The van der Waals surface area contributed by atoms with Crippen LogP contribution in [-0.2, 0) is 4.79 Å². The molecule has 0 spiro atoms. The molecule has 3 amide bonds. The van der Waals surface area contributed by atoms with E-state index in [1.54, 1.807) is 7.05 Å². The van der Waals surface area contributed by atoms with E-state index in [0.717, 1.165) is 19.4 Å². The molecule has 0 aromatic carbocycles. The van der Waals surface area contributed by atoms with Gasteiger partial charge in [-0.05, 0) is 6.42 Å². The summed E-state index contributed by atoms with van der Waals surface area (Å²) >= 11 is 0. The van der Waals surface area contributed by atoms with Gasteiger partial charge in [0.05, 0.1) is 6.54 Å². The lowest BCUT2D eigenvalue weighted by molar-refractivity contribution is -0.124. The van der Waals surface area contributed by atoms with Crippen LogP contribution in [0.25, 0.3) is 0 Å². The van der Waals surface area contributed by atoms with Crippen molar-refractivity contribution in [2.24, 2.45) is 4.99 Å². The molecule has 0 bridgehead atoms. The number of nitrogens with one attached hydrogen (secondary N) is 3. The third-order valence-corrected chi connectivity index (χ3v) is 2.61. The average Bonchev–Trinajstić information content (AvgIpc) is 2.68. The van der Waals surface area contributed by atoms with Gasteiger partial charge >= 0.3 is 6.03 Å². The summed E-state index contributed by atoms with van der Waals surface area (Å²) in [6.07, 6.45) is 2.19. The zero-order valence-electron chi connectivity index (χ0n) is 11.0. The third kappa shape index (κ3) is 4.23. The number of nitrogens with zero attached hydrogens (tertiary/aromatic N) is 2. The highest BCUT2D eigenvalue weighted by Crippen LogP contribution is 1.96. The Morgan fingerprint density at radius 2 is 2.11 bits per heavy atom. The Balaban J connectivity index is 2.23. The molecule has 0 aliphatic carbocycles. The number of aliphatic imine (C=N–C) groups is 1. The number of carbonyl (C=O) groups is 2. The van der Waals surface area contributed by atoms with Crippen LogP contribution in [0.3, 0.4) is 0 Å². The van der Waals surface area contributed by atoms with Crippen molar-refractivity contribution in [3.05, 3.63) is 0 Å². The van der Waals surface area contributed by atoms with Crippen LogP contribution in [0.1, 0.15) is 19.8 Å². The van der Waals surface area contributed by atoms with Crippen LogP contribution in [0, 0.1) is 0 Å². The topological polar surface area (TPSA) is 85.8 Å². The number of urea groups is 1. The first-order valence-electron chi connectivity index (χ1n) is 6.21. The van der Waals surface area contributed by atoms with Crippen molar-refractivity contribution < 1.29 is 9.59 Å². The van der Waals surface area contributed by atoms with Crippen LogP contribution < -0.4 is 16.0 Å². The molecule has 1 saturated heterocycles. The molecule has 1 fully saturated rings. The SMILES string of the molecule is CCCCNC(=NC)NCCN1C(=O)CNC1=O. The number of amides is 3. The number of hydrogen-bond donors (Lipinski definition) is 3. The summed E-state index contributed by atoms with van der Waals surface area (Å²) in [5.41, 5.74) is 0. The molecular weight excluding hydrogens is 234 g/mol. The molecule has 1 rings (SSSR count). The van der Waals surface area contributed by atoms with E-state index in [1.165, 1.54) is 4.90 Å². The molecule has 0 saturated carbocycles. The molecule has 18 heavy (non-hydrogen) atoms. The summed E-state index contributed by atoms with van der Waals surface area (Å²) in [4.78, 5) is 27.8. The van der Waals surface area contributed by atoms with Gasteiger partial charge in [-0.1, -0.05) is 13.3 Å². The zero-order valence-corrected chi connectivity index (χ0v) is 11.0. The second-order valence-electron chi connectivity index (χ2n) is 3.98. The van der Waals surface area contributed by atoms with E-state index in [4.69, 9.17) is 0 Å². The first-order chi connectivity index (χ1) is 8.69. The van der Waals surface area contributed by atoms with Gasteiger partial charge in [0.15, 0.2) is 5.96 Å². The van der Waals surface area contributed by atoms with Crippen molar-refractivity contribution in [2.75, 3.05) is 33.2 Å². The van der Waals surface area contributed by atoms with Gasteiger partial charge in [0.1, 0.15) is 0 Å². The molecule has 0 unspecified atom stereocenters. The number of carbonyl (C=O) groups excluding carboxylic acids is 2. The van der Waals surface area contributed by atoms with E-state index >= 15 is 0 Å². The molecule has 7 nitrogen and oxygen atoms in total. The summed E-state index contributed by atoms with van der Waals surface area (Å²) in [6.45, 7) is 3.92.